The summed E-state index contributed by atoms with van der Waals surface area (Å²) in [6.07, 6.45) is 6.39. The van der Waals surface area contributed by atoms with Gasteiger partial charge in [-0.1, -0.05) is 18.2 Å². The molecular weight excluding hydrogens is 300 g/mol. The van der Waals surface area contributed by atoms with Crippen LogP contribution in [-0.2, 0) is 0 Å². The Labute approximate surface area is 139 Å². The third kappa shape index (κ3) is 2.15. The van der Waals surface area contributed by atoms with E-state index in [2.05, 4.69) is 61.7 Å². The largest absolute Gasteiger partial charge is 0.339 e. The molecule has 1 fully saturated rings. The minimum Gasteiger partial charge on any atom is -0.339 e. The molecule has 0 amide bonds. The number of aromatic nitrogens is 2. The zero-order valence-corrected chi connectivity index (χ0v) is 13.3. The first-order chi connectivity index (χ1) is 11.9. The van der Waals surface area contributed by atoms with Crippen LogP contribution in [0.25, 0.3) is 21.9 Å². The summed E-state index contributed by atoms with van der Waals surface area (Å²) < 4.78 is 0. The fourth-order valence-electron chi connectivity index (χ4n) is 3.75. The fourth-order valence-corrected chi connectivity index (χ4v) is 3.75. The van der Waals surface area contributed by atoms with E-state index < -0.39 is 0 Å². The van der Waals surface area contributed by atoms with Crippen molar-refractivity contribution < 1.29 is 0 Å². The Balaban J connectivity index is 1.58. The third-order valence-corrected chi connectivity index (χ3v) is 5.01. The van der Waals surface area contributed by atoms with Gasteiger partial charge in [0.15, 0.2) is 0 Å². The van der Waals surface area contributed by atoms with E-state index in [1.165, 1.54) is 23.9 Å². The molecule has 0 radical (unpaired) electrons. The summed E-state index contributed by atoms with van der Waals surface area (Å²) >= 11 is 0. The summed E-state index contributed by atoms with van der Waals surface area (Å²) in [4.78, 5) is 7.90. The van der Waals surface area contributed by atoms with Gasteiger partial charge in [-0.15, -0.1) is 5.53 Å². The van der Waals surface area contributed by atoms with Gasteiger partial charge in [0.05, 0.1) is 11.1 Å². The molecule has 3 aromatic rings. The first kappa shape index (κ1) is 13.8. The van der Waals surface area contributed by atoms with Gasteiger partial charge in [0, 0.05) is 34.9 Å². The number of rotatable bonds is 2. The van der Waals surface area contributed by atoms with Crippen molar-refractivity contribution in [3.8, 4) is 0 Å². The van der Waals surface area contributed by atoms with E-state index >= 15 is 0 Å². The van der Waals surface area contributed by atoms with Gasteiger partial charge in [0.25, 0.3) is 0 Å². The van der Waals surface area contributed by atoms with Crippen molar-refractivity contribution in [2.75, 3.05) is 18.1 Å². The minimum absolute atomic E-state index is 0.587. The summed E-state index contributed by atoms with van der Waals surface area (Å²) in [6.45, 7) is 2.18. The maximum atomic E-state index is 4.50. The van der Waals surface area contributed by atoms with E-state index in [1.54, 1.807) is 0 Å². The molecule has 1 aromatic carbocycles. The molecule has 2 aliphatic rings. The van der Waals surface area contributed by atoms with Crippen LogP contribution in [0.5, 0.6) is 0 Å². The number of benzene rings is 1. The molecule has 0 saturated carbocycles. The van der Waals surface area contributed by atoms with Gasteiger partial charge >= 0.3 is 0 Å². The van der Waals surface area contributed by atoms with Gasteiger partial charge in [0.2, 0.25) is 0 Å². The zero-order valence-electron chi connectivity index (χ0n) is 13.3. The number of aromatic amines is 1. The molecule has 5 rings (SSSR count). The van der Waals surface area contributed by atoms with Gasteiger partial charge < -0.3 is 15.7 Å². The molecule has 0 aliphatic carbocycles. The number of nitrogens with one attached hydrogen (secondary N) is 4. The second kappa shape index (κ2) is 5.51. The monoisotopic (exact) mass is 320 g/mol. The number of hydrogen-bond donors (Lipinski definition) is 4. The van der Waals surface area contributed by atoms with Crippen LogP contribution in [0.2, 0.25) is 0 Å². The second-order valence-corrected chi connectivity index (χ2v) is 6.44. The van der Waals surface area contributed by atoms with Crippen molar-refractivity contribution in [1.29, 1.82) is 0 Å². The number of anilines is 1. The Kier molecular flexibility index (Phi) is 3.17. The molecule has 4 N–H and O–H groups in total. The van der Waals surface area contributed by atoms with Crippen LogP contribution in [0.4, 0.5) is 5.69 Å². The minimum atomic E-state index is 0.587. The van der Waals surface area contributed by atoms with Crippen LogP contribution in [0.3, 0.4) is 0 Å². The molecule has 24 heavy (non-hydrogen) atoms. The molecule has 4 heterocycles. The topological polar surface area (TPSA) is 68.0 Å². The lowest BCUT2D eigenvalue weighted by Crippen LogP contribution is -2.38. The molecule has 6 heteroatoms. The summed E-state index contributed by atoms with van der Waals surface area (Å²) in [7, 11) is 0. The van der Waals surface area contributed by atoms with E-state index in [0.29, 0.717) is 5.92 Å². The van der Waals surface area contributed by atoms with Crippen LogP contribution in [0.15, 0.2) is 48.4 Å². The summed E-state index contributed by atoms with van der Waals surface area (Å²) in [5, 5.41) is 7.83. The molecule has 1 saturated heterocycles. The number of nitrogens with zero attached hydrogens (tertiary/aromatic N) is 2. The maximum Gasteiger partial charge on any atom is 0.140 e. The van der Waals surface area contributed by atoms with Crippen molar-refractivity contribution in [2.24, 2.45) is 5.92 Å². The quantitative estimate of drug-likeness (QED) is 0.584. The highest BCUT2D eigenvalue weighted by molar-refractivity contribution is 6.12. The number of fused-ring (bicyclic) bond motifs is 3. The van der Waals surface area contributed by atoms with Crippen molar-refractivity contribution in [3.05, 3.63) is 48.4 Å². The second-order valence-electron chi connectivity index (χ2n) is 6.44. The molecule has 2 aliphatic heterocycles. The van der Waals surface area contributed by atoms with E-state index in [4.69, 9.17) is 0 Å². The summed E-state index contributed by atoms with van der Waals surface area (Å²) in [5.74, 6) is 0.587. The first-order valence-electron chi connectivity index (χ1n) is 8.49. The van der Waals surface area contributed by atoms with Crippen LogP contribution < -0.4 is 21.3 Å². The lowest BCUT2D eigenvalue weighted by Gasteiger charge is -2.22. The van der Waals surface area contributed by atoms with Crippen LogP contribution >= 0.6 is 0 Å². The predicted octanol–water partition coefficient (Wildman–Crippen LogP) is 2.39. The van der Waals surface area contributed by atoms with Gasteiger partial charge in [-0.25, -0.2) is 4.98 Å². The van der Waals surface area contributed by atoms with Gasteiger partial charge in [-0.3, -0.25) is 5.01 Å². The molecule has 0 bridgehead atoms. The van der Waals surface area contributed by atoms with Crippen LogP contribution in [0.1, 0.15) is 12.8 Å². The van der Waals surface area contributed by atoms with Gasteiger partial charge in [0.1, 0.15) is 5.65 Å². The highest BCUT2D eigenvalue weighted by Gasteiger charge is 2.24. The molecule has 122 valence electrons. The van der Waals surface area contributed by atoms with Crippen molar-refractivity contribution >= 4 is 27.6 Å². The van der Waals surface area contributed by atoms with Crippen molar-refractivity contribution in [3.63, 3.8) is 0 Å². The molecular formula is C18H20N6. The number of hydrazine groups is 2. The fraction of sp³-hybridized carbons (Fsp3) is 0.278. The normalized spacial score (nSPS) is 19.0. The first-order valence-corrected chi connectivity index (χ1v) is 8.49. The Morgan fingerprint density at radius 2 is 1.96 bits per heavy atom. The number of piperidine rings is 1. The standard InChI is InChI=1S/C18H20N6/c1-2-4-14-13(3-1)17-16(7-10-20-18(17)21-14)24-11-15(22-23-24)12-5-8-19-9-6-12/h1-4,7,10-12,19,22-23H,5-6,8-9H2,(H,20,21). The van der Waals surface area contributed by atoms with E-state index in [9.17, 15) is 0 Å². The van der Waals surface area contributed by atoms with Crippen LogP contribution in [0, 0.1) is 5.92 Å². The smallest absolute Gasteiger partial charge is 0.140 e. The van der Waals surface area contributed by atoms with E-state index in [0.717, 1.165) is 35.3 Å². The van der Waals surface area contributed by atoms with E-state index in [-0.39, 0.29) is 0 Å². The number of allylic oxidation sites excluding steroid dienone is 1. The molecule has 2 aromatic heterocycles. The lowest BCUT2D eigenvalue weighted by molar-refractivity contribution is 0.400. The highest BCUT2D eigenvalue weighted by atomic mass is 15.7. The number of para-hydroxylation sites is 1. The maximum absolute atomic E-state index is 4.50. The molecule has 0 atom stereocenters. The number of hydrogen-bond acceptors (Lipinski definition) is 5. The number of H-pyrrole nitrogens is 1. The molecule has 6 nitrogen and oxygen atoms in total. The average Bonchev–Trinajstić information content (AvgIpc) is 3.27. The Morgan fingerprint density at radius 1 is 1.08 bits per heavy atom. The molecule has 0 spiro atoms. The van der Waals surface area contributed by atoms with Gasteiger partial charge in [-0.05, 0) is 38.1 Å². The average molecular weight is 320 g/mol. The predicted molar refractivity (Wildman–Crippen MR) is 96.0 cm³/mol. The highest BCUT2D eigenvalue weighted by Crippen LogP contribution is 2.33. The lowest BCUT2D eigenvalue weighted by atomic mass is 9.95. The SMILES string of the molecule is C1=C(C2CCNCC2)NNN1c1ccnc2[nH]c3ccccc3c12. The third-order valence-electron chi connectivity index (χ3n) is 5.01. The van der Waals surface area contributed by atoms with Gasteiger partial charge in [-0.2, -0.15) is 0 Å². The Bertz CT molecular complexity index is 922. The zero-order chi connectivity index (χ0) is 15.9. The Hall–Kier alpha value is -2.57. The van der Waals surface area contributed by atoms with Crippen molar-refractivity contribution in [2.45, 2.75) is 12.8 Å². The Morgan fingerprint density at radius 3 is 2.88 bits per heavy atom. The number of pyridine rings is 1. The van der Waals surface area contributed by atoms with Crippen LogP contribution in [-0.4, -0.2) is 23.1 Å². The van der Waals surface area contributed by atoms with E-state index in [1.807, 2.05) is 12.3 Å². The summed E-state index contributed by atoms with van der Waals surface area (Å²) in [5.41, 5.74) is 11.1. The van der Waals surface area contributed by atoms with Crippen molar-refractivity contribution in [1.82, 2.24) is 26.2 Å². The molecule has 0 unspecified atom stereocenters. The summed E-state index contributed by atoms with van der Waals surface area (Å²) in [6, 6.07) is 10.4.